The monoisotopic (exact) mass is 410 g/mol. The van der Waals surface area contributed by atoms with Crippen molar-refractivity contribution in [1.29, 1.82) is 0 Å². The molecule has 0 radical (unpaired) electrons. The highest BCUT2D eigenvalue weighted by Crippen LogP contribution is 2.28. The molecule has 1 amide bonds. The SMILES string of the molecule is Cc1nc(-c2nc(C)c3n2CCN(C(=O)CCc2n[nH]c4c2CCCC4)C3)cs1. The van der Waals surface area contributed by atoms with Gasteiger partial charge in [-0.1, -0.05) is 0 Å². The third kappa shape index (κ3) is 3.39. The van der Waals surface area contributed by atoms with Crippen molar-refractivity contribution in [2.24, 2.45) is 0 Å². The number of aromatic amines is 1. The smallest absolute Gasteiger partial charge is 0.223 e. The van der Waals surface area contributed by atoms with Crippen molar-refractivity contribution in [2.75, 3.05) is 6.54 Å². The van der Waals surface area contributed by atoms with Gasteiger partial charge in [-0.25, -0.2) is 9.97 Å². The van der Waals surface area contributed by atoms with Crippen LogP contribution in [0, 0.1) is 13.8 Å². The van der Waals surface area contributed by atoms with E-state index >= 15 is 0 Å². The fourth-order valence-corrected chi connectivity index (χ4v) is 5.13. The van der Waals surface area contributed by atoms with Crippen LogP contribution in [0.15, 0.2) is 5.38 Å². The summed E-state index contributed by atoms with van der Waals surface area (Å²) in [6, 6.07) is 0. The number of aromatic nitrogens is 5. The number of nitrogens with zero attached hydrogens (tertiary/aromatic N) is 5. The van der Waals surface area contributed by atoms with E-state index in [1.165, 1.54) is 24.1 Å². The maximum absolute atomic E-state index is 12.9. The molecule has 152 valence electrons. The van der Waals surface area contributed by atoms with Crippen LogP contribution in [0.25, 0.3) is 11.5 Å². The quantitative estimate of drug-likeness (QED) is 0.716. The van der Waals surface area contributed by atoms with Gasteiger partial charge < -0.3 is 9.47 Å². The molecule has 0 unspecified atom stereocenters. The molecule has 0 saturated carbocycles. The molecule has 29 heavy (non-hydrogen) atoms. The summed E-state index contributed by atoms with van der Waals surface area (Å²) >= 11 is 1.64. The second-order valence-electron chi connectivity index (χ2n) is 8.02. The average Bonchev–Trinajstić information content (AvgIpc) is 3.43. The molecule has 3 aromatic heterocycles. The fraction of sp³-hybridized carbons (Fsp3) is 0.524. The molecule has 0 saturated heterocycles. The maximum Gasteiger partial charge on any atom is 0.223 e. The lowest BCUT2D eigenvalue weighted by Gasteiger charge is -2.29. The summed E-state index contributed by atoms with van der Waals surface area (Å²) in [5.74, 6) is 1.13. The van der Waals surface area contributed by atoms with Crippen LogP contribution in [0.4, 0.5) is 0 Å². The Kier molecular flexibility index (Phi) is 4.73. The van der Waals surface area contributed by atoms with Crippen molar-refractivity contribution in [3.05, 3.63) is 38.7 Å². The molecule has 0 bridgehead atoms. The molecule has 5 rings (SSSR count). The Morgan fingerprint density at radius 1 is 1.21 bits per heavy atom. The van der Waals surface area contributed by atoms with E-state index in [1.54, 1.807) is 11.3 Å². The van der Waals surface area contributed by atoms with Crippen LogP contribution in [0.3, 0.4) is 0 Å². The number of rotatable bonds is 4. The van der Waals surface area contributed by atoms with E-state index in [4.69, 9.17) is 4.98 Å². The Labute approximate surface area is 174 Å². The van der Waals surface area contributed by atoms with Crippen molar-refractivity contribution in [2.45, 2.75) is 65.5 Å². The number of hydrogen-bond donors (Lipinski definition) is 1. The lowest BCUT2D eigenvalue weighted by Crippen LogP contribution is -2.38. The summed E-state index contributed by atoms with van der Waals surface area (Å²) < 4.78 is 2.23. The summed E-state index contributed by atoms with van der Waals surface area (Å²) in [5, 5.41) is 10.8. The van der Waals surface area contributed by atoms with Crippen LogP contribution < -0.4 is 0 Å². The number of fused-ring (bicyclic) bond motifs is 2. The van der Waals surface area contributed by atoms with Crippen molar-refractivity contribution in [1.82, 2.24) is 29.6 Å². The van der Waals surface area contributed by atoms with Gasteiger partial charge >= 0.3 is 0 Å². The Bertz CT molecular complexity index is 1060. The lowest BCUT2D eigenvalue weighted by atomic mass is 9.94. The summed E-state index contributed by atoms with van der Waals surface area (Å²) in [4.78, 5) is 24.2. The summed E-state index contributed by atoms with van der Waals surface area (Å²) in [6.07, 6.45) is 5.88. The number of H-pyrrole nitrogens is 1. The van der Waals surface area contributed by atoms with Crippen molar-refractivity contribution < 1.29 is 4.79 Å². The topological polar surface area (TPSA) is 79.7 Å². The fourth-order valence-electron chi connectivity index (χ4n) is 4.54. The first-order valence-corrected chi connectivity index (χ1v) is 11.3. The van der Waals surface area contributed by atoms with Gasteiger partial charge in [0, 0.05) is 37.0 Å². The largest absolute Gasteiger partial charge is 0.335 e. The molecule has 0 fully saturated rings. The molecule has 1 aliphatic heterocycles. The highest BCUT2D eigenvalue weighted by atomic mass is 32.1. The Morgan fingerprint density at radius 3 is 2.90 bits per heavy atom. The third-order valence-electron chi connectivity index (χ3n) is 6.13. The first kappa shape index (κ1) is 18.5. The molecular weight excluding hydrogens is 384 g/mol. The van der Waals surface area contributed by atoms with Gasteiger partial charge in [0.05, 0.1) is 28.6 Å². The van der Waals surface area contributed by atoms with Gasteiger partial charge in [0.2, 0.25) is 5.91 Å². The minimum Gasteiger partial charge on any atom is -0.335 e. The Balaban J connectivity index is 1.28. The number of nitrogens with one attached hydrogen (secondary N) is 1. The van der Waals surface area contributed by atoms with E-state index in [1.807, 2.05) is 18.7 Å². The molecule has 0 atom stereocenters. The zero-order valence-corrected chi connectivity index (χ0v) is 17.8. The molecule has 1 aliphatic carbocycles. The van der Waals surface area contributed by atoms with Crippen molar-refractivity contribution in [3.8, 4) is 11.5 Å². The first-order chi connectivity index (χ1) is 14.1. The molecule has 4 heterocycles. The lowest BCUT2D eigenvalue weighted by molar-refractivity contribution is -0.132. The standard InChI is InChI=1S/C21H26N6OS/c1-13-19-11-26(9-10-27(19)21(22-13)18-12-29-14(2)23-18)20(28)8-7-17-15-5-3-4-6-16(15)24-25-17/h12H,3-11H2,1-2H3,(H,24,25). The van der Waals surface area contributed by atoms with E-state index in [9.17, 15) is 4.79 Å². The molecule has 2 aliphatic rings. The molecular formula is C21H26N6OS. The molecule has 7 nitrogen and oxygen atoms in total. The average molecular weight is 411 g/mol. The predicted octanol–water partition coefficient (Wildman–Crippen LogP) is 3.20. The number of carbonyl (C=O) groups is 1. The van der Waals surface area contributed by atoms with Crippen LogP contribution in [-0.2, 0) is 37.1 Å². The van der Waals surface area contributed by atoms with Crippen LogP contribution in [0.5, 0.6) is 0 Å². The van der Waals surface area contributed by atoms with Gasteiger partial charge in [-0.2, -0.15) is 5.10 Å². The molecule has 1 N–H and O–H groups in total. The van der Waals surface area contributed by atoms with E-state index in [2.05, 4.69) is 25.1 Å². The molecule has 0 aromatic carbocycles. The number of amides is 1. The van der Waals surface area contributed by atoms with Gasteiger partial charge in [-0.3, -0.25) is 9.89 Å². The first-order valence-electron chi connectivity index (χ1n) is 10.4. The molecule has 3 aromatic rings. The summed E-state index contributed by atoms with van der Waals surface area (Å²) in [7, 11) is 0. The number of thiazole rings is 1. The van der Waals surface area contributed by atoms with Crippen molar-refractivity contribution in [3.63, 3.8) is 0 Å². The minimum absolute atomic E-state index is 0.204. The number of aryl methyl sites for hydroxylation is 4. The summed E-state index contributed by atoms with van der Waals surface area (Å²) in [6.45, 7) is 6.15. The van der Waals surface area contributed by atoms with Gasteiger partial charge in [0.1, 0.15) is 5.69 Å². The zero-order chi connectivity index (χ0) is 20.0. The van der Waals surface area contributed by atoms with Crippen LogP contribution in [0.1, 0.15) is 52.6 Å². The highest BCUT2D eigenvalue weighted by Gasteiger charge is 2.27. The van der Waals surface area contributed by atoms with Crippen LogP contribution in [0.2, 0.25) is 0 Å². The Morgan fingerprint density at radius 2 is 2.07 bits per heavy atom. The second-order valence-corrected chi connectivity index (χ2v) is 9.08. The van der Waals surface area contributed by atoms with Gasteiger partial charge in [-0.15, -0.1) is 11.3 Å². The second kappa shape index (κ2) is 7.40. The van der Waals surface area contributed by atoms with E-state index in [0.717, 1.165) is 66.0 Å². The maximum atomic E-state index is 12.9. The number of carbonyl (C=O) groups excluding carboxylic acids is 1. The predicted molar refractivity (Wildman–Crippen MR) is 112 cm³/mol. The van der Waals surface area contributed by atoms with E-state index in [0.29, 0.717) is 13.0 Å². The third-order valence-corrected chi connectivity index (χ3v) is 6.90. The van der Waals surface area contributed by atoms with Crippen LogP contribution >= 0.6 is 11.3 Å². The van der Waals surface area contributed by atoms with Crippen molar-refractivity contribution >= 4 is 17.2 Å². The van der Waals surface area contributed by atoms with Gasteiger partial charge in [-0.05, 0) is 45.1 Å². The minimum atomic E-state index is 0.204. The molecule has 0 spiro atoms. The Hall–Kier alpha value is -2.48. The normalized spacial score (nSPS) is 16.0. The van der Waals surface area contributed by atoms with Crippen LogP contribution in [-0.4, -0.2) is 42.1 Å². The van der Waals surface area contributed by atoms with Gasteiger partial charge in [0.15, 0.2) is 5.82 Å². The summed E-state index contributed by atoms with van der Waals surface area (Å²) in [5.41, 5.74) is 6.78. The zero-order valence-electron chi connectivity index (χ0n) is 17.0. The van der Waals surface area contributed by atoms with Gasteiger partial charge in [0.25, 0.3) is 0 Å². The highest BCUT2D eigenvalue weighted by molar-refractivity contribution is 7.09. The molecule has 8 heteroatoms. The number of hydrogen-bond acceptors (Lipinski definition) is 5. The van der Waals surface area contributed by atoms with E-state index < -0.39 is 0 Å². The number of imidazole rings is 1. The van der Waals surface area contributed by atoms with E-state index in [-0.39, 0.29) is 5.91 Å².